The Morgan fingerprint density at radius 3 is 1.68 bits per heavy atom. The van der Waals surface area contributed by atoms with E-state index in [1.807, 2.05) is 0 Å². The number of nitrogens with zero attached hydrogens (tertiary/aromatic N) is 2. The van der Waals surface area contributed by atoms with Gasteiger partial charge in [0.2, 0.25) is 5.91 Å². The zero-order chi connectivity index (χ0) is 20.5. The summed E-state index contributed by atoms with van der Waals surface area (Å²) in [6.45, 7) is 14.9. The first-order valence-electron chi connectivity index (χ1n) is 8.52. The zero-order valence-corrected chi connectivity index (χ0v) is 17.4. The molecule has 0 aromatic heterocycles. The van der Waals surface area contributed by atoms with Gasteiger partial charge < -0.3 is 19.6 Å². The van der Waals surface area contributed by atoms with Crippen molar-refractivity contribution in [1.29, 1.82) is 0 Å². The number of carboxylic acid groups (broad SMARTS) is 1. The molecule has 1 N–H and O–H groups in total. The summed E-state index contributed by atoms with van der Waals surface area (Å²) in [5.74, 6) is -0.923. The number of amides is 2. The van der Waals surface area contributed by atoms with Crippen LogP contribution in [-0.4, -0.2) is 65.2 Å². The van der Waals surface area contributed by atoms with Crippen LogP contribution in [0.25, 0.3) is 0 Å². The van der Waals surface area contributed by atoms with E-state index >= 15 is 0 Å². The van der Waals surface area contributed by atoms with Gasteiger partial charge in [-0.2, -0.15) is 0 Å². The Morgan fingerprint density at radius 2 is 1.40 bits per heavy atom. The second kappa shape index (κ2) is 10.9. The Hall–Kier alpha value is -1.79. The lowest BCUT2D eigenvalue weighted by Gasteiger charge is -2.30. The van der Waals surface area contributed by atoms with Crippen molar-refractivity contribution in [3.63, 3.8) is 0 Å². The van der Waals surface area contributed by atoms with Crippen LogP contribution in [0.15, 0.2) is 0 Å². The molecule has 0 saturated heterocycles. The average molecular weight is 360 g/mol. The van der Waals surface area contributed by atoms with E-state index in [0.717, 1.165) is 15.7 Å². The maximum absolute atomic E-state index is 12.1. The lowest BCUT2D eigenvalue weighted by Crippen LogP contribution is -2.49. The highest BCUT2D eigenvalue weighted by atomic mass is 16.6. The van der Waals surface area contributed by atoms with Crippen LogP contribution in [0.2, 0.25) is 0 Å². The van der Waals surface area contributed by atoms with E-state index in [0.29, 0.717) is 0 Å². The third-order valence-electron chi connectivity index (χ3n) is 2.77. The lowest BCUT2D eigenvalue weighted by atomic mass is 10.0. The highest BCUT2D eigenvalue weighted by Gasteiger charge is 2.31. The van der Waals surface area contributed by atoms with Crippen molar-refractivity contribution < 1.29 is 24.2 Å². The molecule has 0 spiro atoms. The van der Waals surface area contributed by atoms with Gasteiger partial charge in [0.15, 0.2) is 0 Å². The molecule has 0 aromatic carbocycles. The Labute approximate surface area is 152 Å². The fourth-order valence-electron chi connectivity index (χ4n) is 1.77. The quantitative estimate of drug-likeness (QED) is 0.814. The van der Waals surface area contributed by atoms with Gasteiger partial charge in [-0.1, -0.05) is 34.6 Å². The maximum atomic E-state index is 12.1. The molecule has 0 fully saturated rings. The Balaban J connectivity index is 0. The summed E-state index contributed by atoms with van der Waals surface area (Å²) >= 11 is 0. The molecule has 0 aliphatic carbocycles. The minimum absolute atomic E-state index is 0.233. The molecule has 1 unspecified atom stereocenters. The SMILES string of the molecule is CC(C)C.CC(C)C(C(=O)O)N(C)C(=O)CN(C)C(=O)OC(C)(C)C. The third kappa shape index (κ3) is 12.3. The van der Waals surface area contributed by atoms with Gasteiger partial charge in [-0.05, 0) is 32.6 Å². The van der Waals surface area contributed by atoms with Gasteiger partial charge in [0, 0.05) is 14.1 Å². The molecular weight excluding hydrogens is 324 g/mol. The first kappa shape index (κ1) is 25.5. The molecule has 0 bridgehead atoms. The Bertz CT molecular complexity index is 438. The smallest absolute Gasteiger partial charge is 0.410 e. The molecule has 2 amide bonds. The van der Waals surface area contributed by atoms with Crippen LogP contribution in [0.3, 0.4) is 0 Å². The second-order valence-corrected chi connectivity index (χ2v) is 8.10. The first-order valence-corrected chi connectivity index (χ1v) is 8.52. The number of ether oxygens (including phenoxy) is 1. The van der Waals surface area contributed by atoms with Crippen LogP contribution in [0.5, 0.6) is 0 Å². The van der Waals surface area contributed by atoms with Crippen LogP contribution in [0.1, 0.15) is 55.4 Å². The minimum atomic E-state index is -1.07. The van der Waals surface area contributed by atoms with Crippen molar-refractivity contribution in [2.45, 2.75) is 67.0 Å². The van der Waals surface area contributed by atoms with Gasteiger partial charge in [-0.15, -0.1) is 0 Å². The predicted octanol–water partition coefficient (Wildman–Crippen LogP) is 3.08. The number of likely N-dealkylation sites (N-methyl/N-ethyl adjacent to an activating group) is 2. The van der Waals surface area contributed by atoms with Gasteiger partial charge in [0.1, 0.15) is 18.2 Å². The molecule has 1 atom stereocenters. The van der Waals surface area contributed by atoms with Crippen LogP contribution >= 0.6 is 0 Å². The van der Waals surface area contributed by atoms with Gasteiger partial charge in [-0.25, -0.2) is 9.59 Å². The van der Waals surface area contributed by atoms with Crippen LogP contribution < -0.4 is 0 Å². The molecule has 7 heteroatoms. The van der Waals surface area contributed by atoms with Crippen molar-refractivity contribution in [1.82, 2.24) is 9.80 Å². The normalized spacial score (nSPS) is 12.2. The fourth-order valence-corrected chi connectivity index (χ4v) is 1.77. The average Bonchev–Trinajstić information content (AvgIpc) is 2.34. The second-order valence-electron chi connectivity index (χ2n) is 8.10. The number of hydrogen-bond donors (Lipinski definition) is 1. The number of carbonyl (C=O) groups excluding carboxylic acids is 2. The zero-order valence-electron chi connectivity index (χ0n) is 17.4. The Kier molecular flexibility index (Phi) is 11.1. The molecule has 0 heterocycles. The van der Waals surface area contributed by atoms with Gasteiger partial charge in [0.05, 0.1) is 0 Å². The number of aliphatic carboxylic acids is 1. The van der Waals surface area contributed by atoms with Crippen molar-refractivity contribution in [2.24, 2.45) is 11.8 Å². The van der Waals surface area contributed by atoms with Crippen LogP contribution in [0.4, 0.5) is 4.79 Å². The molecule has 25 heavy (non-hydrogen) atoms. The summed E-state index contributed by atoms with van der Waals surface area (Å²) in [5, 5.41) is 9.16. The predicted molar refractivity (Wildman–Crippen MR) is 98.4 cm³/mol. The summed E-state index contributed by atoms with van der Waals surface area (Å²) in [6, 6.07) is -0.926. The summed E-state index contributed by atoms with van der Waals surface area (Å²) in [6.07, 6.45) is -0.624. The molecule has 0 aliphatic heterocycles. The molecule has 0 saturated carbocycles. The third-order valence-corrected chi connectivity index (χ3v) is 2.77. The van der Waals surface area contributed by atoms with Crippen molar-refractivity contribution in [3.8, 4) is 0 Å². The molecule has 7 nitrogen and oxygen atoms in total. The number of carbonyl (C=O) groups is 3. The van der Waals surface area contributed by atoms with E-state index in [1.165, 1.54) is 14.1 Å². The molecule has 148 valence electrons. The van der Waals surface area contributed by atoms with E-state index < -0.39 is 29.6 Å². The van der Waals surface area contributed by atoms with Crippen molar-refractivity contribution in [2.75, 3.05) is 20.6 Å². The van der Waals surface area contributed by atoms with E-state index in [1.54, 1.807) is 34.6 Å². The molecule has 0 rings (SSSR count). The van der Waals surface area contributed by atoms with E-state index in [2.05, 4.69) is 20.8 Å². The van der Waals surface area contributed by atoms with E-state index in [4.69, 9.17) is 9.84 Å². The standard InChI is InChI=1S/C14H26N2O5.C4H10/c1-9(2)11(12(18)19)16(7)10(17)8-15(6)13(20)21-14(3,4)5;1-4(2)3/h9,11H,8H2,1-7H3,(H,18,19);4H,1-3H3. The molecule has 0 aromatic rings. The van der Waals surface area contributed by atoms with Crippen molar-refractivity contribution in [3.05, 3.63) is 0 Å². The van der Waals surface area contributed by atoms with Crippen LogP contribution in [-0.2, 0) is 14.3 Å². The van der Waals surface area contributed by atoms with Gasteiger partial charge in [0.25, 0.3) is 0 Å². The molecule has 0 radical (unpaired) electrons. The van der Waals surface area contributed by atoms with E-state index in [9.17, 15) is 14.4 Å². The largest absolute Gasteiger partial charge is 0.480 e. The Morgan fingerprint density at radius 1 is 1.00 bits per heavy atom. The maximum Gasteiger partial charge on any atom is 0.410 e. The highest BCUT2D eigenvalue weighted by molar-refractivity contribution is 5.86. The minimum Gasteiger partial charge on any atom is -0.480 e. The molecule has 0 aliphatic rings. The van der Waals surface area contributed by atoms with E-state index in [-0.39, 0.29) is 12.5 Å². The molecular formula is C18H36N2O5. The summed E-state index contributed by atoms with van der Waals surface area (Å²) in [4.78, 5) is 37.3. The highest BCUT2D eigenvalue weighted by Crippen LogP contribution is 2.12. The van der Waals surface area contributed by atoms with Crippen molar-refractivity contribution >= 4 is 18.0 Å². The number of carboxylic acids is 1. The summed E-state index contributed by atoms with van der Waals surface area (Å²) in [7, 11) is 2.86. The number of rotatable bonds is 5. The van der Waals surface area contributed by atoms with Crippen LogP contribution in [0, 0.1) is 11.8 Å². The monoisotopic (exact) mass is 360 g/mol. The summed E-state index contributed by atoms with van der Waals surface area (Å²) in [5.41, 5.74) is -0.651. The fraction of sp³-hybridized carbons (Fsp3) is 0.833. The summed E-state index contributed by atoms with van der Waals surface area (Å²) < 4.78 is 5.14. The topological polar surface area (TPSA) is 87.2 Å². The van der Waals surface area contributed by atoms with Gasteiger partial charge >= 0.3 is 12.1 Å². The first-order chi connectivity index (χ1) is 11.1. The lowest BCUT2D eigenvalue weighted by molar-refractivity contribution is -0.151. The number of hydrogen-bond acceptors (Lipinski definition) is 4. The van der Waals surface area contributed by atoms with Gasteiger partial charge in [-0.3, -0.25) is 4.79 Å².